The van der Waals surface area contributed by atoms with Crippen LogP contribution in [0.25, 0.3) is 0 Å². The van der Waals surface area contributed by atoms with Crippen LogP contribution in [-0.2, 0) is 9.53 Å². The number of hydrogen-bond donors (Lipinski definition) is 1. The highest BCUT2D eigenvalue weighted by molar-refractivity contribution is 14.1. The van der Waals surface area contributed by atoms with E-state index in [1.54, 1.807) is 56.5 Å². The molecule has 2 rings (SSSR count). The van der Waals surface area contributed by atoms with Crippen LogP contribution in [0, 0.1) is 3.57 Å². The van der Waals surface area contributed by atoms with Crippen LogP contribution in [0.2, 0.25) is 0 Å². The second-order valence-electron chi connectivity index (χ2n) is 4.92. The molecule has 24 heavy (non-hydrogen) atoms. The van der Waals surface area contributed by atoms with Crippen LogP contribution in [0.3, 0.4) is 0 Å². The fraction of sp³-hybridized carbons (Fsp3) is 0.222. The zero-order valence-corrected chi connectivity index (χ0v) is 15.6. The minimum Gasteiger partial charge on any atom is -0.496 e. The van der Waals surface area contributed by atoms with Crippen LogP contribution in [0.1, 0.15) is 28.9 Å². The third kappa shape index (κ3) is 4.47. The molecule has 0 spiro atoms. The molecule has 0 aliphatic carbocycles. The van der Waals surface area contributed by atoms with Gasteiger partial charge in [0.1, 0.15) is 5.75 Å². The standard InChI is InChI=1S/C18H18INO4/c1-3-24-18(22)16(13-9-10-15(23-2)14(19)11-13)20-17(21)12-7-5-4-6-8-12/h4-11,16H,3H2,1-2H3,(H,20,21). The molecule has 0 radical (unpaired) electrons. The lowest BCUT2D eigenvalue weighted by Crippen LogP contribution is -2.35. The monoisotopic (exact) mass is 439 g/mol. The normalized spacial score (nSPS) is 11.5. The van der Waals surface area contributed by atoms with Crippen molar-refractivity contribution >= 4 is 34.5 Å². The number of halogens is 1. The smallest absolute Gasteiger partial charge is 0.333 e. The molecule has 0 fully saturated rings. The topological polar surface area (TPSA) is 64.6 Å². The average molecular weight is 439 g/mol. The van der Waals surface area contributed by atoms with E-state index >= 15 is 0 Å². The molecule has 126 valence electrons. The largest absolute Gasteiger partial charge is 0.496 e. The summed E-state index contributed by atoms with van der Waals surface area (Å²) in [6.07, 6.45) is 0. The van der Waals surface area contributed by atoms with E-state index in [1.165, 1.54) is 0 Å². The molecule has 1 atom stereocenters. The number of carbonyl (C=O) groups excluding carboxylic acids is 2. The van der Waals surface area contributed by atoms with E-state index in [0.29, 0.717) is 16.9 Å². The Balaban J connectivity index is 2.29. The zero-order valence-electron chi connectivity index (χ0n) is 13.4. The van der Waals surface area contributed by atoms with E-state index < -0.39 is 12.0 Å². The van der Waals surface area contributed by atoms with Gasteiger partial charge in [-0.15, -0.1) is 0 Å². The van der Waals surface area contributed by atoms with E-state index in [1.807, 2.05) is 6.07 Å². The summed E-state index contributed by atoms with van der Waals surface area (Å²) in [7, 11) is 1.58. The summed E-state index contributed by atoms with van der Waals surface area (Å²) in [5.74, 6) is -0.126. The first-order chi connectivity index (χ1) is 11.6. The van der Waals surface area contributed by atoms with E-state index in [0.717, 1.165) is 3.57 Å². The Hall–Kier alpha value is -2.09. The predicted octanol–water partition coefficient (Wildman–Crippen LogP) is 3.33. The molecule has 0 heterocycles. The van der Waals surface area contributed by atoms with Crippen LogP contribution >= 0.6 is 22.6 Å². The number of benzene rings is 2. The van der Waals surface area contributed by atoms with Crippen molar-refractivity contribution in [1.82, 2.24) is 5.32 Å². The van der Waals surface area contributed by atoms with Gasteiger partial charge >= 0.3 is 5.97 Å². The average Bonchev–Trinajstić information content (AvgIpc) is 2.60. The molecule has 2 aromatic rings. The molecule has 0 saturated carbocycles. The van der Waals surface area contributed by atoms with Crippen LogP contribution in [0.5, 0.6) is 5.75 Å². The molecule has 2 aromatic carbocycles. The van der Waals surface area contributed by atoms with Gasteiger partial charge in [0, 0.05) is 5.56 Å². The van der Waals surface area contributed by atoms with Gasteiger partial charge in [-0.2, -0.15) is 0 Å². The van der Waals surface area contributed by atoms with E-state index in [2.05, 4.69) is 27.9 Å². The van der Waals surface area contributed by atoms with Crippen LogP contribution in [0.4, 0.5) is 0 Å². The van der Waals surface area contributed by atoms with Crippen LogP contribution in [0.15, 0.2) is 48.5 Å². The van der Waals surface area contributed by atoms with Crippen molar-refractivity contribution in [3.63, 3.8) is 0 Å². The molecule has 0 aromatic heterocycles. The Bertz CT molecular complexity index is 718. The number of nitrogens with one attached hydrogen (secondary N) is 1. The lowest BCUT2D eigenvalue weighted by Gasteiger charge is -2.18. The van der Waals surface area contributed by atoms with Crippen molar-refractivity contribution in [2.45, 2.75) is 13.0 Å². The van der Waals surface area contributed by atoms with E-state index in [-0.39, 0.29) is 12.5 Å². The lowest BCUT2D eigenvalue weighted by molar-refractivity contribution is -0.145. The Morgan fingerprint density at radius 1 is 1.17 bits per heavy atom. The zero-order chi connectivity index (χ0) is 17.5. The SMILES string of the molecule is CCOC(=O)C(NC(=O)c1ccccc1)c1ccc(OC)c(I)c1. The van der Waals surface area contributed by atoms with Crippen molar-refractivity contribution in [2.75, 3.05) is 13.7 Å². The van der Waals surface area contributed by atoms with Crippen LogP contribution in [-0.4, -0.2) is 25.6 Å². The first kappa shape index (κ1) is 18.3. The van der Waals surface area contributed by atoms with Gasteiger partial charge < -0.3 is 14.8 Å². The molecule has 0 aliphatic heterocycles. The molecule has 1 amide bonds. The van der Waals surface area contributed by atoms with E-state index in [9.17, 15) is 9.59 Å². The first-order valence-electron chi connectivity index (χ1n) is 7.42. The molecular weight excluding hydrogens is 421 g/mol. The first-order valence-corrected chi connectivity index (χ1v) is 8.50. The van der Waals surface area contributed by atoms with Gasteiger partial charge in [-0.25, -0.2) is 4.79 Å². The highest BCUT2D eigenvalue weighted by Gasteiger charge is 2.25. The number of rotatable bonds is 6. The Kier molecular flexibility index (Phi) is 6.60. The maximum Gasteiger partial charge on any atom is 0.333 e. The second kappa shape index (κ2) is 8.68. The highest BCUT2D eigenvalue weighted by atomic mass is 127. The molecule has 6 heteroatoms. The summed E-state index contributed by atoms with van der Waals surface area (Å²) in [6, 6.07) is 13.2. The Morgan fingerprint density at radius 3 is 2.46 bits per heavy atom. The number of amides is 1. The Labute approximate surface area is 154 Å². The van der Waals surface area contributed by atoms with E-state index in [4.69, 9.17) is 9.47 Å². The number of ether oxygens (including phenoxy) is 2. The van der Waals surface area contributed by atoms with Gasteiger partial charge in [-0.1, -0.05) is 24.3 Å². The van der Waals surface area contributed by atoms with Gasteiger partial charge in [0.25, 0.3) is 5.91 Å². The maximum absolute atomic E-state index is 12.4. The van der Waals surface area contributed by atoms with Gasteiger partial charge in [-0.3, -0.25) is 4.79 Å². The second-order valence-corrected chi connectivity index (χ2v) is 6.08. The molecule has 1 unspecified atom stereocenters. The summed E-state index contributed by atoms with van der Waals surface area (Å²) in [6.45, 7) is 1.97. The number of carbonyl (C=O) groups is 2. The fourth-order valence-electron chi connectivity index (χ4n) is 2.17. The molecule has 0 aliphatic rings. The van der Waals surface area contributed by atoms with Crippen molar-refractivity contribution in [3.05, 3.63) is 63.2 Å². The van der Waals surface area contributed by atoms with Gasteiger partial charge in [0.05, 0.1) is 17.3 Å². The predicted molar refractivity (Wildman–Crippen MR) is 99.0 cm³/mol. The number of methoxy groups -OCH3 is 1. The molecular formula is C18H18INO4. The van der Waals surface area contributed by atoms with Crippen molar-refractivity contribution < 1.29 is 19.1 Å². The highest BCUT2D eigenvalue weighted by Crippen LogP contribution is 2.25. The van der Waals surface area contributed by atoms with Crippen LogP contribution < -0.4 is 10.1 Å². The molecule has 0 bridgehead atoms. The molecule has 1 N–H and O–H groups in total. The molecule has 5 nitrogen and oxygen atoms in total. The molecule has 0 saturated heterocycles. The van der Waals surface area contributed by atoms with Gasteiger partial charge in [0.15, 0.2) is 6.04 Å². The maximum atomic E-state index is 12.4. The van der Waals surface area contributed by atoms with Crippen molar-refractivity contribution in [2.24, 2.45) is 0 Å². The third-order valence-corrected chi connectivity index (χ3v) is 4.19. The summed E-state index contributed by atoms with van der Waals surface area (Å²) >= 11 is 2.12. The number of hydrogen-bond acceptors (Lipinski definition) is 4. The minimum atomic E-state index is -0.878. The lowest BCUT2D eigenvalue weighted by atomic mass is 10.1. The van der Waals surface area contributed by atoms with Gasteiger partial charge in [0.2, 0.25) is 0 Å². The number of esters is 1. The van der Waals surface area contributed by atoms with Crippen molar-refractivity contribution in [3.8, 4) is 5.75 Å². The summed E-state index contributed by atoms with van der Waals surface area (Å²) in [5.41, 5.74) is 1.12. The Morgan fingerprint density at radius 2 is 1.88 bits per heavy atom. The minimum absolute atomic E-state index is 0.240. The van der Waals surface area contributed by atoms with Gasteiger partial charge in [-0.05, 0) is 59.3 Å². The summed E-state index contributed by atoms with van der Waals surface area (Å²) in [5, 5.41) is 2.74. The fourth-order valence-corrected chi connectivity index (χ4v) is 2.93. The summed E-state index contributed by atoms with van der Waals surface area (Å²) in [4.78, 5) is 24.7. The third-order valence-electron chi connectivity index (χ3n) is 3.34. The van der Waals surface area contributed by atoms with Crippen molar-refractivity contribution in [1.29, 1.82) is 0 Å². The summed E-state index contributed by atoms with van der Waals surface area (Å²) < 4.78 is 11.2. The quantitative estimate of drug-likeness (QED) is 0.554.